The van der Waals surface area contributed by atoms with Crippen LogP contribution in [0.1, 0.15) is 5.82 Å². The smallest absolute Gasteiger partial charge is 0.150 e. The van der Waals surface area contributed by atoms with E-state index in [2.05, 4.69) is 15.3 Å². The second-order valence-corrected chi connectivity index (χ2v) is 5.47. The van der Waals surface area contributed by atoms with E-state index in [1.807, 2.05) is 78.9 Å². The van der Waals surface area contributed by atoms with Crippen molar-refractivity contribution in [1.29, 1.82) is 0 Å². The van der Waals surface area contributed by atoms with E-state index < -0.39 is 0 Å². The number of nitrogens with zero attached hydrogens (tertiary/aromatic N) is 1. The number of benzene rings is 3. The molecular formula is C20H17N3O. The Morgan fingerprint density at radius 1 is 0.833 bits per heavy atom. The van der Waals surface area contributed by atoms with Crippen LogP contribution in [0.2, 0.25) is 0 Å². The summed E-state index contributed by atoms with van der Waals surface area (Å²) < 4.78 is 5.96. The van der Waals surface area contributed by atoms with Gasteiger partial charge in [0.25, 0.3) is 0 Å². The van der Waals surface area contributed by atoms with Crippen molar-refractivity contribution in [3.8, 4) is 11.5 Å². The van der Waals surface area contributed by atoms with Crippen LogP contribution in [0.4, 0.5) is 5.69 Å². The van der Waals surface area contributed by atoms with Crippen molar-refractivity contribution >= 4 is 16.7 Å². The van der Waals surface area contributed by atoms with E-state index in [9.17, 15) is 0 Å². The zero-order valence-electron chi connectivity index (χ0n) is 13.1. The SMILES string of the molecule is c1ccc(Oc2ccccc2NCc2nc3ccccc3[nH]2)cc1. The molecular weight excluding hydrogens is 298 g/mol. The van der Waals surface area contributed by atoms with Crippen molar-refractivity contribution in [1.82, 2.24) is 9.97 Å². The molecule has 0 spiro atoms. The van der Waals surface area contributed by atoms with E-state index in [0.717, 1.165) is 34.0 Å². The number of hydrogen-bond acceptors (Lipinski definition) is 3. The molecule has 0 saturated heterocycles. The minimum absolute atomic E-state index is 0.601. The Morgan fingerprint density at radius 3 is 2.46 bits per heavy atom. The molecule has 0 atom stereocenters. The fourth-order valence-corrected chi connectivity index (χ4v) is 2.59. The van der Waals surface area contributed by atoms with Crippen molar-refractivity contribution < 1.29 is 4.74 Å². The molecule has 0 unspecified atom stereocenters. The van der Waals surface area contributed by atoms with Crippen LogP contribution in [0.5, 0.6) is 11.5 Å². The van der Waals surface area contributed by atoms with Crippen molar-refractivity contribution in [3.63, 3.8) is 0 Å². The standard InChI is InChI=1S/C20H17N3O/c1-2-8-15(9-3-1)24-19-13-7-6-12-18(19)21-14-20-22-16-10-4-5-11-17(16)23-20/h1-13,21H,14H2,(H,22,23). The highest BCUT2D eigenvalue weighted by Crippen LogP contribution is 2.29. The molecule has 0 radical (unpaired) electrons. The predicted octanol–water partition coefficient (Wildman–Crippen LogP) is 4.97. The average Bonchev–Trinajstić information content (AvgIpc) is 3.05. The third kappa shape index (κ3) is 3.08. The van der Waals surface area contributed by atoms with Gasteiger partial charge in [-0.3, -0.25) is 0 Å². The maximum Gasteiger partial charge on any atom is 0.150 e. The van der Waals surface area contributed by atoms with Crippen LogP contribution in [0.25, 0.3) is 11.0 Å². The zero-order chi connectivity index (χ0) is 16.2. The summed E-state index contributed by atoms with van der Waals surface area (Å²) >= 11 is 0. The Morgan fingerprint density at radius 2 is 1.58 bits per heavy atom. The third-order valence-electron chi connectivity index (χ3n) is 3.74. The van der Waals surface area contributed by atoms with Gasteiger partial charge in [-0.05, 0) is 36.4 Å². The first-order valence-electron chi connectivity index (χ1n) is 7.88. The van der Waals surface area contributed by atoms with Gasteiger partial charge in [0.05, 0.1) is 23.3 Å². The lowest BCUT2D eigenvalue weighted by Gasteiger charge is -2.12. The highest BCUT2D eigenvalue weighted by molar-refractivity contribution is 5.74. The number of hydrogen-bond donors (Lipinski definition) is 2. The van der Waals surface area contributed by atoms with Gasteiger partial charge in [-0.15, -0.1) is 0 Å². The summed E-state index contributed by atoms with van der Waals surface area (Å²) in [7, 11) is 0. The maximum atomic E-state index is 5.96. The lowest BCUT2D eigenvalue weighted by atomic mass is 10.3. The van der Waals surface area contributed by atoms with E-state index in [-0.39, 0.29) is 0 Å². The Balaban J connectivity index is 1.52. The lowest BCUT2D eigenvalue weighted by molar-refractivity contribution is 0.484. The van der Waals surface area contributed by atoms with Gasteiger partial charge in [-0.2, -0.15) is 0 Å². The van der Waals surface area contributed by atoms with E-state index >= 15 is 0 Å². The molecule has 0 bridgehead atoms. The number of para-hydroxylation sites is 5. The topological polar surface area (TPSA) is 49.9 Å². The fourth-order valence-electron chi connectivity index (χ4n) is 2.59. The molecule has 118 valence electrons. The number of H-pyrrole nitrogens is 1. The highest BCUT2D eigenvalue weighted by Gasteiger charge is 2.06. The summed E-state index contributed by atoms with van der Waals surface area (Å²) in [4.78, 5) is 7.90. The molecule has 4 rings (SSSR count). The van der Waals surface area contributed by atoms with Crippen LogP contribution in [0.3, 0.4) is 0 Å². The van der Waals surface area contributed by atoms with Gasteiger partial charge in [-0.25, -0.2) is 4.98 Å². The number of nitrogens with one attached hydrogen (secondary N) is 2. The van der Waals surface area contributed by atoms with Gasteiger partial charge in [0.1, 0.15) is 11.6 Å². The van der Waals surface area contributed by atoms with Gasteiger partial charge in [0.2, 0.25) is 0 Å². The minimum Gasteiger partial charge on any atom is -0.455 e. The van der Waals surface area contributed by atoms with Crippen LogP contribution >= 0.6 is 0 Å². The molecule has 1 heterocycles. The molecule has 0 aliphatic carbocycles. The molecule has 0 amide bonds. The van der Waals surface area contributed by atoms with Crippen LogP contribution in [-0.4, -0.2) is 9.97 Å². The van der Waals surface area contributed by atoms with Gasteiger partial charge < -0.3 is 15.0 Å². The molecule has 4 heteroatoms. The van der Waals surface area contributed by atoms with Crippen LogP contribution in [0, 0.1) is 0 Å². The number of rotatable bonds is 5. The summed E-state index contributed by atoms with van der Waals surface area (Å²) in [5, 5.41) is 3.39. The summed E-state index contributed by atoms with van der Waals surface area (Å²) in [6, 6.07) is 25.7. The first-order valence-corrected chi connectivity index (χ1v) is 7.88. The fraction of sp³-hybridized carbons (Fsp3) is 0.0500. The Bertz CT molecular complexity index is 914. The molecule has 0 fully saturated rings. The van der Waals surface area contributed by atoms with E-state index in [1.54, 1.807) is 0 Å². The summed E-state index contributed by atoms with van der Waals surface area (Å²) in [5.74, 6) is 2.50. The summed E-state index contributed by atoms with van der Waals surface area (Å²) in [6.07, 6.45) is 0. The monoisotopic (exact) mass is 315 g/mol. The lowest BCUT2D eigenvalue weighted by Crippen LogP contribution is -2.02. The van der Waals surface area contributed by atoms with E-state index in [1.165, 1.54) is 0 Å². The molecule has 4 aromatic rings. The van der Waals surface area contributed by atoms with E-state index in [4.69, 9.17) is 4.74 Å². The molecule has 24 heavy (non-hydrogen) atoms. The zero-order valence-corrected chi connectivity index (χ0v) is 13.1. The Kier molecular flexibility index (Phi) is 3.86. The predicted molar refractivity (Wildman–Crippen MR) is 96.4 cm³/mol. The third-order valence-corrected chi connectivity index (χ3v) is 3.74. The largest absolute Gasteiger partial charge is 0.455 e. The minimum atomic E-state index is 0.601. The van der Waals surface area contributed by atoms with Gasteiger partial charge in [0, 0.05) is 0 Å². The Labute approximate surface area is 140 Å². The van der Waals surface area contributed by atoms with Gasteiger partial charge >= 0.3 is 0 Å². The average molecular weight is 315 g/mol. The molecule has 0 aliphatic rings. The number of ether oxygens (including phenoxy) is 1. The normalized spacial score (nSPS) is 10.7. The number of aromatic nitrogens is 2. The highest BCUT2D eigenvalue weighted by atomic mass is 16.5. The molecule has 0 saturated carbocycles. The summed E-state index contributed by atoms with van der Waals surface area (Å²) in [5.41, 5.74) is 2.95. The number of anilines is 1. The number of imidazole rings is 1. The quantitative estimate of drug-likeness (QED) is 0.547. The molecule has 0 aliphatic heterocycles. The van der Waals surface area contributed by atoms with Crippen molar-refractivity contribution in [2.24, 2.45) is 0 Å². The first kappa shape index (κ1) is 14.3. The van der Waals surface area contributed by atoms with Gasteiger partial charge in [0.15, 0.2) is 5.75 Å². The first-order chi connectivity index (χ1) is 11.9. The Hall–Kier alpha value is -3.27. The molecule has 1 aromatic heterocycles. The van der Waals surface area contributed by atoms with Crippen LogP contribution in [-0.2, 0) is 6.54 Å². The number of aromatic amines is 1. The molecule has 3 aromatic carbocycles. The van der Waals surface area contributed by atoms with Crippen molar-refractivity contribution in [3.05, 3.63) is 84.7 Å². The summed E-state index contributed by atoms with van der Waals surface area (Å²) in [6.45, 7) is 0.601. The van der Waals surface area contributed by atoms with Crippen LogP contribution in [0.15, 0.2) is 78.9 Å². The maximum absolute atomic E-state index is 5.96. The van der Waals surface area contributed by atoms with Crippen molar-refractivity contribution in [2.45, 2.75) is 6.54 Å². The van der Waals surface area contributed by atoms with Crippen molar-refractivity contribution in [2.75, 3.05) is 5.32 Å². The second kappa shape index (κ2) is 6.46. The molecule has 2 N–H and O–H groups in total. The second-order valence-electron chi connectivity index (χ2n) is 5.47. The van der Waals surface area contributed by atoms with Crippen LogP contribution < -0.4 is 10.1 Å². The van der Waals surface area contributed by atoms with Gasteiger partial charge in [-0.1, -0.05) is 42.5 Å². The van der Waals surface area contributed by atoms with E-state index in [0.29, 0.717) is 6.54 Å². The molecule has 4 nitrogen and oxygen atoms in total. The number of fused-ring (bicyclic) bond motifs is 1.